The van der Waals surface area contributed by atoms with Gasteiger partial charge in [-0.25, -0.2) is 4.39 Å². The van der Waals surface area contributed by atoms with Crippen LogP contribution in [0.2, 0.25) is 0 Å². The van der Waals surface area contributed by atoms with Crippen molar-refractivity contribution in [3.63, 3.8) is 0 Å². The lowest BCUT2D eigenvalue weighted by molar-refractivity contribution is -0.139. The first-order valence-electron chi connectivity index (χ1n) is 8.76. The molecule has 27 heavy (non-hydrogen) atoms. The number of amides is 2. The predicted octanol–water partition coefficient (Wildman–Crippen LogP) is 1.28. The van der Waals surface area contributed by atoms with Gasteiger partial charge in [-0.3, -0.25) is 9.59 Å². The minimum absolute atomic E-state index is 0.0581. The van der Waals surface area contributed by atoms with E-state index in [1.807, 2.05) is 25.2 Å². The van der Waals surface area contributed by atoms with E-state index >= 15 is 0 Å². The summed E-state index contributed by atoms with van der Waals surface area (Å²) in [5.41, 5.74) is 3.70. The normalized spacial score (nSPS) is 13.8. The average molecular weight is 371 g/mol. The van der Waals surface area contributed by atoms with Gasteiger partial charge in [-0.1, -0.05) is 24.3 Å². The third-order valence-corrected chi connectivity index (χ3v) is 4.64. The van der Waals surface area contributed by atoms with E-state index in [0.717, 1.165) is 24.2 Å². The van der Waals surface area contributed by atoms with Crippen molar-refractivity contribution in [2.75, 3.05) is 25.0 Å². The van der Waals surface area contributed by atoms with Gasteiger partial charge in [0.05, 0.1) is 6.10 Å². The minimum atomic E-state index is -0.893. The summed E-state index contributed by atoms with van der Waals surface area (Å²) in [4.78, 5) is 25.9. The second-order valence-corrected chi connectivity index (χ2v) is 6.59. The van der Waals surface area contributed by atoms with Crippen molar-refractivity contribution < 1.29 is 19.1 Å². The Morgan fingerprint density at radius 2 is 1.85 bits per heavy atom. The molecule has 3 N–H and O–H groups in total. The molecule has 0 fully saturated rings. The van der Waals surface area contributed by atoms with Crippen molar-refractivity contribution in [3.05, 3.63) is 65.0 Å². The van der Waals surface area contributed by atoms with Crippen LogP contribution in [0.1, 0.15) is 22.8 Å². The molecule has 2 aromatic carbocycles. The molecule has 0 spiro atoms. The number of nitrogens with one attached hydrogen (secondary N) is 2. The number of likely N-dealkylation sites (N-methyl/N-ethyl adjacent to an activating group) is 1. The number of rotatable bonds is 5. The number of hydrogen-bond donors (Lipinski definition) is 3. The van der Waals surface area contributed by atoms with Crippen molar-refractivity contribution >= 4 is 17.5 Å². The molecule has 1 aliphatic rings. The maximum absolute atomic E-state index is 12.8. The highest BCUT2D eigenvalue weighted by Crippen LogP contribution is 2.29. The van der Waals surface area contributed by atoms with Crippen LogP contribution in [-0.2, 0) is 22.6 Å². The highest BCUT2D eigenvalue weighted by molar-refractivity contribution is 6.35. The van der Waals surface area contributed by atoms with Crippen molar-refractivity contribution in [2.24, 2.45) is 0 Å². The van der Waals surface area contributed by atoms with E-state index < -0.39 is 17.9 Å². The van der Waals surface area contributed by atoms with Gasteiger partial charge in [0.15, 0.2) is 0 Å². The van der Waals surface area contributed by atoms with Gasteiger partial charge in [-0.15, -0.1) is 0 Å². The molecule has 0 aromatic heterocycles. The molecular formula is C20H22FN3O3. The molecule has 2 amide bonds. The van der Waals surface area contributed by atoms with Crippen molar-refractivity contribution in [3.8, 4) is 0 Å². The van der Waals surface area contributed by atoms with Crippen LogP contribution in [-0.4, -0.2) is 37.1 Å². The Balaban J connectivity index is 1.48. The van der Waals surface area contributed by atoms with Gasteiger partial charge < -0.3 is 20.6 Å². The number of benzene rings is 2. The number of hydrogen-bond acceptors (Lipinski definition) is 4. The fourth-order valence-electron chi connectivity index (χ4n) is 3.05. The number of aliphatic hydroxyl groups is 1. The zero-order valence-corrected chi connectivity index (χ0v) is 15.0. The fourth-order valence-corrected chi connectivity index (χ4v) is 3.05. The van der Waals surface area contributed by atoms with E-state index in [9.17, 15) is 19.1 Å². The number of carbonyl (C=O) groups is 2. The predicted molar refractivity (Wildman–Crippen MR) is 99.6 cm³/mol. The number of carbonyl (C=O) groups excluding carboxylic acids is 2. The number of anilines is 1. The highest BCUT2D eigenvalue weighted by atomic mass is 19.1. The first-order chi connectivity index (χ1) is 12.9. The number of halogens is 1. The Kier molecular flexibility index (Phi) is 5.71. The first-order valence-corrected chi connectivity index (χ1v) is 8.76. The maximum atomic E-state index is 12.8. The van der Waals surface area contributed by atoms with E-state index in [0.29, 0.717) is 11.1 Å². The van der Waals surface area contributed by atoms with Crippen LogP contribution in [0.4, 0.5) is 10.1 Å². The standard InChI is InChI=1S/C20H22FN3O3/c1-24-9-8-14-10-15(4-7-17(14)24)18(25)12-23-20(27)19(26)22-11-13-2-5-16(21)6-3-13/h2-7,10,18,25H,8-9,11-12H2,1H3,(H,22,26)(H,23,27)/t18-/m0/s1. The van der Waals surface area contributed by atoms with Gasteiger partial charge in [0.2, 0.25) is 0 Å². The summed E-state index contributed by atoms with van der Waals surface area (Å²) in [6.45, 7) is 1.00. The van der Waals surface area contributed by atoms with Crippen LogP contribution >= 0.6 is 0 Å². The lowest BCUT2D eigenvalue weighted by Gasteiger charge is -2.15. The zero-order valence-electron chi connectivity index (χ0n) is 15.0. The average Bonchev–Trinajstić information content (AvgIpc) is 3.05. The molecule has 0 saturated heterocycles. The summed E-state index contributed by atoms with van der Waals surface area (Å²) >= 11 is 0. The Labute approximate surface area is 157 Å². The van der Waals surface area contributed by atoms with Crippen molar-refractivity contribution in [1.29, 1.82) is 0 Å². The summed E-state index contributed by atoms with van der Waals surface area (Å²) in [7, 11) is 2.02. The lowest BCUT2D eigenvalue weighted by atomic mass is 10.0. The molecule has 2 aromatic rings. The Morgan fingerprint density at radius 1 is 1.15 bits per heavy atom. The highest BCUT2D eigenvalue weighted by Gasteiger charge is 2.19. The zero-order chi connectivity index (χ0) is 19.4. The van der Waals surface area contributed by atoms with E-state index in [-0.39, 0.29) is 18.9 Å². The molecule has 7 heteroatoms. The Bertz CT molecular complexity index is 839. The molecule has 1 atom stereocenters. The minimum Gasteiger partial charge on any atom is -0.387 e. The van der Waals surface area contributed by atoms with E-state index in [4.69, 9.17) is 0 Å². The summed E-state index contributed by atoms with van der Waals surface area (Å²) in [6, 6.07) is 11.3. The third kappa shape index (κ3) is 4.62. The van der Waals surface area contributed by atoms with Crippen LogP contribution in [0.5, 0.6) is 0 Å². The van der Waals surface area contributed by atoms with Gasteiger partial charge >= 0.3 is 11.8 Å². The fraction of sp³-hybridized carbons (Fsp3) is 0.300. The SMILES string of the molecule is CN1CCc2cc([C@@H](O)CNC(=O)C(=O)NCc3ccc(F)cc3)ccc21. The number of aliphatic hydroxyl groups excluding tert-OH is 1. The molecule has 1 aliphatic heterocycles. The van der Waals surface area contributed by atoms with Crippen LogP contribution in [0, 0.1) is 5.82 Å². The van der Waals surface area contributed by atoms with Crippen molar-refractivity contribution in [2.45, 2.75) is 19.1 Å². The second-order valence-electron chi connectivity index (χ2n) is 6.59. The number of nitrogens with zero attached hydrogens (tertiary/aromatic N) is 1. The van der Waals surface area contributed by atoms with Crippen LogP contribution in [0.25, 0.3) is 0 Å². The van der Waals surface area contributed by atoms with E-state index in [2.05, 4.69) is 15.5 Å². The van der Waals surface area contributed by atoms with Crippen molar-refractivity contribution in [1.82, 2.24) is 10.6 Å². The summed E-state index contributed by atoms with van der Waals surface area (Å²) < 4.78 is 12.8. The largest absolute Gasteiger partial charge is 0.387 e. The summed E-state index contributed by atoms with van der Waals surface area (Å²) in [6.07, 6.45) is 0.0277. The van der Waals surface area contributed by atoms with Gasteiger partial charge in [0.25, 0.3) is 0 Å². The van der Waals surface area contributed by atoms with Gasteiger partial charge in [0.1, 0.15) is 5.82 Å². The van der Waals surface area contributed by atoms with Gasteiger partial charge in [0, 0.05) is 32.4 Å². The maximum Gasteiger partial charge on any atom is 0.309 e. The Hall–Kier alpha value is -2.93. The topological polar surface area (TPSA) is 81.7 Å². The first kappa shape index (κ1) is 18.8. The smallest absolute Gasteiger partial charge is 0.309 e. The molecule has 142 valence electrons. The van der Waals surface area contributed by atoms with Gasteiger partial charge in [-0.2, -0.15) is 0 Å². The number of fused-ring (bicyclic) bond motifs is 1. The van der Waals surface area contributed by atoms with Crippen LogP contribution in [0.15, 0.2) is 42.5 Å². The quantitative estimate of drug-likeness (QED) is 0.692. The third-order valence-electron chi connectivity index (χ3n) is 4.64. The molecule has 0 aliphatic carbocycles. The van der Waals surface area contributed by atoms with Crippen LogP contribution < -0.4 is 15.5 Å². The van der Waals surface area contributed by atoms with Gasteiger partial charge in [-0.05, 0) is 41.3 Å². The lowest BCUT2D eigenvalue weighted by Crippen LogP contribution is -2.41. The molecule has 0 saturated carbocycles. The molecule has 1 heterocycles. The Morgan fingerprint density at radius 3 is 2.59 bits per heavy atom. The van der Waals surface area contributed by atoms with E-state index in [1.165, 1.54) is 24.3 Å². The summed E-state index contributed by atoms with van der Waals surface area (Å²) in [5, 5.41) is 15.2. The van der Waals surface area contributed by atoms with E-state index in [1.54, 1.807) is 0 Å². The molecule has 6 nitrogen and oxygen atoms in total. The molecule has 3 rings (SSSR count). The monoisotopic (exact) mass is 371 g/mol. The molecule has 0 unspecified atom stereocenters. The molecular weight excluding hydrogens is 349 g/mol. The summed E-state index contributed by atoms with van der Waals surface area (Å²) in [5.74, 6) is -1.99. The van der Waals surface area contributed by atoms with Crippen LogP contribution in [0.3, 0.4) is 0 Å². The second kappa shape index (κ2) is 8.18. The molecule has 0 radical (unpaired) electrons. The molecule has 0 bridgehead atoms.